The van der Waals surface area contributed by atoms with Crippen LogP contribution in [-0.2, 0) is 6.42 Å². The minimum atomic E-state index is -0.106. The highest BCUT2D eigenvalue weighted by atomic mass is 32.1. The Hall–Kier alpha value is -1.68. The van der Waals surface area contributed by atoms with Gasteiger partial charge in [0, 0.05) is 10.9 Å². The summed E-state index contributed by atoms with van der Waals surface area (Å²) < 4.78 is 0. The number of hydrogen-bond donors (Lipinski definition) is 1. The fourth-order valence-electron chi connectivity index (χ4n) is 1.48. The first-order valence-corrected chi connectivity index (χ1v) is 6.39. The van der Waals surface area contributed by atoms with Crippen LogP contribution in [0.5, 0.6) is 0 Å². The lowest BCUT2D eigenvalue weighted by Gasteiger charge is -2.02. The van der Waals surface area contributed by atoms with E-state index in [1.54, 1.807) is 6.07 Å². The Labute approximate surface area is 105 Å². The molecule has 0 bridgehead atoms. The van der Waals surface area contributed by atoms with Gasteiger partial charge < -0.3 is 0 Å². The lowest BCUT2D eigenvalue weighted by molar-refractivity contribution is 0.102. The number of thiazole rings is 1. The second-order valence-corrected chi connectivity index (χ2v) is 4.68. The summed E-state index contributed by atoms with van der Waals surface area (Å²) in [7, 11) is 0. The Bertz CT molecular complexity index is 534. The van der Waals surface area contributed by atoms with Gasteiger partial charge in [0.05, 0.1) is 5.69 Å². The van der Waals surface area contributed by atoms with Crippen LogP contribution >= 0.6 is 11.3 Å². The third-order valence-electron chi connectivity index (χ3n) is 2.41. The molecule has 0 saturated carbocycles. The van der Waals surface area contributed by atoms with E-state index < -0.39 is 0 Å². The fourth-order valence-corrected chi connectivity index (χ4v) is 2.27. The minimum Gasteiger partial charge on any atom is -0.298 e. The molecule has 0 aliphatic heterocycles. The predicted molar refractivity (Wildman–Crippen MR) is 70.6 cm³/mol. The number of hydrogen-bond acceptors (Lipinski definition) is 3. The molecule has 0 spiro atoms. The van der Waals surface area contributed by atoms with Gasteiger partial charge in [-0.2, -0.15) is 0 Å². The Kier molecular flexibility index (Phi) is 3.54. The third-order valence-corrected chi connectivity index (χ3v) is 3.22. The quantitative estimate of drug-likeness (QED) is 0.903. The van der Waals surface area contributed by atoms with Crippen LogP contribution in [0.3, 0.4) is 0 Å². The normalized spacial score (nSPS) is 10.2. The van der Waals surface area contributed by atoms with Crippen LogP contribution in [-0.4, -0.2) is 10.9 Å². The zero-order chi connectivity index (χ0) is 12.3. The highest BCUT2D eigenvalue weighted by molar-refractivity contribution is 7.13. The molecule has 0 radical (unpaired) electrons. The maximum Gasteiger partial charge on any atom is 0.257 e. The van der Waals surface area contributed by atoms with Gasteiger partial charge in [-0.3, -0.25) is 10.1 Å². The molecule has 0 aliphatic carbocycles. The SMILES string of the molecule is CCc1csc(NC(=O)c2cccc(C)c2)n1. The van der Waals surface area contributed by atoms with Gasteiger partial charge in [-0.15, -0.1) is 11.3 Å². The molecular formula is C13H14N2OS. The lowest BCUT2D eigenvalue weighted by Crippen LogP contribution is -2.11. The second kappa shape index (κ2) is 5.10. The zero-order valence-corrected chi connectivity index (χ0v) is 10.7. The molecule has 1 heterocycles. The van der Waals surface area contributed by atoms with E-state index in [0.717, 1.165) is 17.7 Å². The van der Waals surface area contributed by atoms with Crippen LogP contribution in [0.2, 0.25) is 0 Å². The van der Waals surface area contributed by atoms with E-state index >= 15 is 0 Å². The van der Waals surface area contributed by atoms with Crippen LogP contribution in [0, 0.1) is 6.92 Å². The van der Waals surface area contributed by atoms with Crippen molar-refractivity contribution in [3.63, 3.8) is 0 Å². The molecule has 0 fully saturated rings. The Morgan fingerprint density at radius 1 is 1.47 bits per heavy atom. The maximum absolute atomic E-state index is 11.9. The van der Waals surface area contributed by atoms with Gasteiger partial charge >= 0.3 is 0 Å². The van der Waals surface area contributed by atoms with E-state index in [0.29, 0.717) is 10.7 Å². The number of aryl methyl sites for hydroxylation is 2. The first-order chi connectivity index (χ1) is 8.19. The van der Waals surface area contributed by atoms with E-state index in [4.69, 9.17) is 0 Å². The number of aromatic nitrogens is 1. The molecule has 0 unspecified atom stereocenters. The molecule has 1 aromatic heterocycles. The molecule has 1 N–H and O–H groups in total. The molecule has 0 saturated heterocycles. The number of anilines is 1. The minimum absolute atomic E-state index is 0.106. The van der Waals surface area contributed by atoms with E-state index in [1.165, 1.54) is 11.3 Å². The Morgan fingerprint density at radius 3 is 2.94 bits per heavy atom. The van der Waals surface area contributed by atoms with E-state index in [1.807, 2.05) is 37.4 Å². The molecule has 2 aromatic rings. The van der Waals surface area contributed by atoms with Gasteiger partial charge in [-0.05, 0) is 25.5 Å². The van der Waals surface area contributed by atoms with Crippen molar-refractivity contribution in [1.29, 1.82) is 0 Å². The summed E-state index contributed by atoms with van der Waals surface area (Å²) >= 11 is 1.46. The fraction of sp³-hybridized carbons (Fsp3) is 0.231. The summed E-state index contributed by atoms with van der Waals surface area (Å²) in [6.07, 6.45) is 0.886. The van der Waals surface area contributed by atoms with Crippen molar-refractivity contribution in [3.05, 3.63) is 46.5 Å². The van der Waals surface area contributed by atoms with Crippen LogP contribution < -0.4 is 5.32 Å². The lowest BCUT2D eigenvalue weighted by atomic mass is 10.1. The Morgan fingerprint density at radius 2 is 2.29 bits per heavy atom. The summed E-state index contributed by atoms with van der Waals surface area (Å²) in [4.78, 5) is 16.2. The molecule has 2 rings (SSSR count). The zero-order valence-electron chi connectivity index (χ0n) is 9.86. The topological polar surface area (TPSA) is 42.0 Å². The molecule has 88 valence electrons. The number of nitrogens with one attached hydrogen (secondary N) is 1. The Balaban J connectivity index is 2.11. The van der Waals surface area contributed by atoms with E-state index in [2.05, 4.69) is 10.3 Å². The number of amides is 1. The molecule has 0 atom stereocenters. The molecule has 0 aliphatic rings. The summed E-state index contributed by atoms with van der Waals surface area (Å²) in [6.45, 7) is 4.01. The molecule has 17 heavy (non-hydrogen) atoms. The monoisotopic (exact) mass is 246 g/mol. The van der Waals surface area contributed by atoms with Crippen LogP contribution in [0.4, 0.5) is 5.13 Å². The van der Waals surface area contributed by atoms with Crippen LogP contribution in [0.25, 0.3) is 0 Å². The predicted octanol–water partition coefficient (Wildman–Crippen LogP) is 3.27. The molecule has 1 amide bonds. The van der Waals surface area contributed by atoms with Crippen molar-refractivity contribution in [2.75, 3.05) is 5.32 Å². The van der Waals surface area contributed by atoms with Crippen LogP contribution in [0.15, 0.2) is 29.6 Å². The highest BCUT2D eigenvalue weighted by Gasteiger charge is 2.08. The van der Waals surface area contributed by atoms with Gasteiger partial charge in [0.1, 0.15) is 0 Å². The average Bonchev–Trinajstić information content (AvgIpc) is 2.77. The number of carbonyl (C=O) groups excluding carboxylic acids is 1. The number of benzene rings is 1. The van der Waals surface area contributed by atoms with Crippen molar-refractivity contribution in [2.24, 2.45) is 0 Å². The van der Waals surface area contributed by atoms with Crippen LogP contribution in [0.1, 0.15) is 28.5 Å². The number of carbonyl (C=O) groups is 1. The van der Waals surface area contributed by atoms with Crippen molar-refractivity contribution in [3.8, 4) is 0 Å². The average molecular weight is 246 g/mol. The summed E-state index contributed by atoms with van der Waals surface area (Å²) in [5.41, 5.74) is 2.75. The van der Waals surface area contributed by atoms with Gasteiger partial charge in [0.25, 0.3) is 5.91 Å². The summed E-state index contributed by atoms with van der Waals surface area (Å²) in [6, 6.07) is 7.51. The standard InChI is InChI=1S/C13H14N2OS/c1-3-11-8-17-13(14-11)15-12(16)10-6-4-5-9(2)7-10/h4-8H,3H2,1-2H3,(H,14,15,16). The number of rotatable bonds is 3. The summed E-state index contributed by atoms with van der Waals surface area (Å²) in [5.74, 6) is -0.106. The van der Waals surface area contributed by atoms with Gasteiger partial charge in [0.15, 0.2) is 5.13 Å². The first-order valence-electron chi connectivity index (χ1n) is 5.51. The van der Waals surface area contributed by atoms with Crippen molar-refractivity contribution in [2.45, 2.75) is 20.3 Å². The molecule has 4 heteroatoms. The van der Waals surface area contributed by atoms with Crippen molar-refractivity contribution >= 4 is 22.4 Å². The smallest absolute Gasteiger partial charge is 0.257 e. The second-order valence-electron chi connectivity index (χ2n) is 3.82. The molecule has 1 aromatic carbocycles. The van der Waals surface area contributed by atoms with Crippen molar-refractivity contribution < 1.29 is 4.79 Å². The molecule has 3 nitrogen and oxygen atoms in total. The van der Waals surface area contributed by atoms with Gasteiger partial charge in [-0.1, -0.05) is 24.6 Å². The maximum atomic E-state index is 11.9. The van der Waals surface area contributed by atoms with Gasteiger partial charge in [0.2, 0.25) is 0 Å². The first kappa shape index (κ1) is 11.8. The number of nitrogens with zero attached hydrogens (tertiary/aromatic N) is 1. The molecular weight excluding hydrogens is 232 g/mol. The summed E-state index contributed by atoms with van der Waals surface area (Å²) in [5, 5.41) is 5.43. The van der Waals surface area contributed by atoms with Crippen molar-refractivity contribution in [1.82, 2.24) is 4.98 Å². The third kappa shape index (κ3) is 2.91. The highest BCUT2D eigenvalue weighted by Crippen LogP contribution is 2.17. The van der Waals surface area contributed by atoms with E-state index in [9.17, 15) is 4.79 Å². The van der Waals surface area contributed by atoms with Gasteiger partial charge in [-0.25, -0.2) is 4.98 Å². The van der Waals surface area contributed by atoms with E-state index in [-0.39, 0.29) is 5.91 Å². The largest absolute Gasteiger partial charge is 0.298 e.